The van der Waals surface area contributed by atoms with Crippen LogP contribution in [0.2, 0.25) is 5.02 Å². The van der Waals surface area contributed by atoms with Crippen molar-refractivity contribution in [2.75, 3.05) is 13.2 Å². The number of ether oxygens (including phenoxy) is 1. The molecule has 0 spiro atoms. The van der Waals surface area contributed by atoms with E-state index in [2.05, 4.69) is 22.1 Å². The summed E-state index contributed by atoms with van der Waals surface area (Å²) < 4.78 is 5.35. The zero-order valence-corrected chi connectivity index (χ0v) is 11.9. The lowest BCUT2D eigenvalue weighted by molar-refractivity contribution is 0.0958. The molecule has 2 aromatic rings. The molecule has 1 heterocycles. The summed E-state index contributed by atoms with van der Waals surface area (Å²) in [7, 11) is 0. The molecule has 4 nitrogen and oxygen atoms in total. The van der Waals surface area contributed by atoms with Crippen molar-refractivity contribution < 1.29 is 9.53 Å². The molecule has 0 unspecified atom stereocenters. The molecule has 1 aromatic carbocycles. The maximum absolute atomic E-state index is 11.8. The smallest absolute Gasteiger partial charge is 0.252 e. The Hall–Kier alpha value is -2.51. The molecule has 0 atom stereocenters. The first-order valence-corrected chi connectivity index (χ1v) is 6.66. The van der Waals surface area contributed by atoms with Crippen LogP contribution in [0.1, 0.15) is 10.4 Å². The van der Waals surface area contributed by atoms with E-state index in [0.717, 1.165) is 0 Å². The van der Waals surface area contributed by atoms with E-state index in [9.17, 15) is 4.79 Å². The Labute approximate surface area is 128 Å². The van der Waals surface area contributed by atoms with Crippen LogP contribution in [0.25, 0.3) is 0 Å². The van der Waals surface area contributed by atoms with Gasteiger partial charge in [-0.3, -0.25) is 9.78 Å². The van der Waals surface area contributed by atoms with Crippen LogP contribution in [0.3, 0.4) is 0 Å². The van der Waals surface area contributed by atoms with Crippen molar-refractivity contribution in [1.82, 2.24) is 10.3 Å². The van der Waals surface area contributed by atoms with Crippen LogP contribution in [0.4, 0.5) is 0 Å². The SMILES string of the molecule is O=C(NCC#CCOc1cccnc1)c1cccc(Cl)c1. The average Bonchev–Trinajstić information content (AvgIpc) is 2.51. The summed E-state index contributed by atoms with van der Waals surface area (Å²) in [6.45, 7) is 0.500. The van der Waals surface area contributed by atoms with Gasteiger partial charge in [-0.05, 0) is 30.3 Å². The number of benzene rings is 1. The van der Waals surface area contributed by atoms with E-state index in [4.69, 9.17) is 16.3 Å². The molecular weight excluding hydrogens is 288 g/mol. The fourth-order valence-corrected chi connectivity index (χ4v) is 1.71. The number of nitrogens with zero attached hydrogens (tertiary/aromatic N) is 1. The van der Waals surface area contributed by atoms with Crippen LogP contribution >= 0.6 is 11.6 Å². The Morgan fingerprint density at radius 3 is 2.95 bits per heavy atom. The first kappa shape index (κ1) is 14.9. The largest absolute Gasteiger partial charge is 0.479 e. The molecule has 0 aliphatic heterocycles. The van der Waals surface area contributed by atoms with Crippen LogP contribution in [0.15, 0.2) is 48.8 Å². The van der Waals surface area contributed by atoms with Crippen LogP contribution < -0.4 is 10.1 Å². The normalized spacial score (nSPS) is 9.38. The number of amides is 1. The maximum atomic E-state index is 11.8. The van der Waals surface area contributed by atoms with Gasteiger partial charge in [0.15, 0.2) is 0 Å². The van der Waals surface area contributed by atoms with Crippen molar-refractivity contribution >= 4 is 17.5 Å². The number of carbonyl (C=O) groups excluding carboxylic acids is 1. The van der Waals surface area contributed by atoms with Gasteiger partial charge >= 0.3 is 0 Å². The van der Waals surface area contributed by atoms with Gasteiger partial charge in [0, 0.05) is 16.8 Å². The maximum Gasteiger partial charge on any atom is 0.252 e. The first-order chi connectivity index (χ1) is 10.3. The third-order valence-corrected chi connectivity index (χ3v) is 2.73. The van der Waals surface area contributed by atoms with Crippen LogP contribution in [-0.2, 0) is 0 Å². The summed E-state index contributed by atoms with van der Waals surface area (Å²) in [5.41, 5.74) is 0.510. The highest BCUT2D eigenvalue weighted by Gasteiger charge is 2.03. The molecule has 0 bridgehead atoms. The van der Waals surface area contributed by atoms with Crippen molar-refractivity contribution in [2.24, 2.45) is 0 Å². The minimum absolute atomic E-state index is 0.208. The molecule has 21 heavy (non-hydrogen) atoms. The number of rotatable bonds is 4. The zero-order valence-electron chi connectivity index (χ0n) is 11.2. The molecule has 0 fully saturated rings. The molecule has 1 aromatic heterocycles. The number of aromatic nitrogens is 1. The van der Waals surface area contributed by atoms with Crippen LogP contribution in [-0.4, -0.2) is 24.0 Å². The van der Waals surface area contributed by atoms with E-state index in [0.29, 0.717) is 16.3 Å². The number of carbonyl (C=O) groups is 1. The number of halogens is 1. The molecule has 5 heteroatoms. The van der Waals surface area contributed by atoms with Gasteiger partial charge in [-0.1, -0.05) is 29.5 Å². The Morgan fingerprint density at radius 1 is 1.29 bits per heavy atom. The lowest BCUT2D eigenvalue weighted by atomic mass is 10.2. The Kier molecular flexibility index (Phi) is 5.62. The topological polar surface area (TPSA) is 51.2 Å². The molecule has 0 aliphatic carbocycles. The van der Waals surface area contributed by atoms with Crippen molar-refractivity contribution in [2.45, 2.75) is 0 Å². The van der Waals surface area contributed by atoms with Gasteiger partial charge in [0.25, 0.3) is 5.91 Å². The van der Waals surface area contributed by atoms with Gasteiger partial charge in [-0.25, -0.2) is 0 Å². The standard InChI is InChI=1S/C16H13ClN2O2/c17-14-6-3-5-13(11-14)16(20)19-9-1-2-10-21-15-7-4-8-18-12-15/h3-8,11-12H,9-10H2,(H,19,20). The zero-order chi connectivity index (χ0) is 14.9. The third kappa shape index (κ3) is 5.17. The minimum atomic E-state index is -0.208. The summed E-state index contributed by atoms with van der Waals surface area (Å²) in [5.74, 6) is 6.08. The quantitative estimate of drug-likeness (QED) is 0.883. The van der Waals surface area contributed by atoms with Gasteiger partial charge in [0.1, 0.15) is 12.4 Å². The van der Waals surface area contributed by atoms with E-state index < -0.39 is 0 Å². The number of hydrogen-bond acceptors (Lipinski definition) is 3. The second kappa shape index (κ2) is 7.93. The van der Waals surface area contributed by atoms with Crippen molar-refractivity contribution in [3.63, 3.8) is 0 Å². The Balaban J connectivity index is 1.72. The molecule has 106 valence electrons. The molecule has 0 radical (unpaired) electrons. The van der Waals surface area contributed by atoms with Crippen LogP contribution in [0.5, 0.6) is 5.75 Å². The fraction of sp³-hybridized carbons (Fsp3) is 0.125. The summed E-state index contributed by atoms with van der Waals surface area (Å²) in [6.07, 6.45) is 3.28. The third-order valence-electron chi connectivity index (χ3n) is 2.49. The summed E-state index contributed by atoms with van der Waals surface area (Å²) in [6, 6.07) is 10.3. The van der Waals surface area contributed by atoms with E-state index in [1.807, 2.05) is 0 Å². The first-order valence-electron chi connectivity index (χ1n) is 6.28. The minimum Gasteiger partial charge on any atom is -0.479 e. The highest BCUT2D eigenvalue weighted by molar-refractivity contribution is 6.30. The van der Waals surface area contributed by atoms with E-state index in [1.54, 1.807) is 48.8 Å². The monoisotopic (exact) mass is 300 g/mol. The number of hydrogen-bond donors (Lipinski definition) is 1. The number of pyridine rings is 1. The molecular formula is C16H13ClN2O2. The molecule has 2 rings (SSSR count). The summed E-state index contributed by atoms with van der Waals surface area (Å²) >= 11 is 5.82. The predicted molar refractivity (Wildman–Crippen MR) is 81.3 cm³/mol. The molecule has 0 saturated heterocycles. The predicted octanol–water partition coefficient (Wildman–Crippen LogP) is 2.55. The number of nitrogens with one attached hydrogen (secondary N) is 1. The summed E-state index contributed by atoms with van der Waals surface area (Å²) in [4.78, 5) is 15.7. The lowest BCUT2D eigenvalue weighted by Crippen LogP contribution is -2.23. The van der Waals surface area contributed by atoms with Crippen molar-refractivity contribution in [3.8, 4) is 17.6 Å². The molecule has 0 aliphatic rings. The van der Waals surface area contributed by atoms with Gasteiger partial charge in [0.05, 0.1) is 12.7 Å². The van der Waals surface area contributed by atoms with Crippen LogP contribution in [0, 0.1) is 11.8 Å². The molecule has 0 saturated carbocycles. The van der Waals surface area contributed by atoms with Crippen molar-refractivity contribution in [3.05, 3.63) is 59.4 Å². The second-order valence-electron chi connectivity index (χ2n) is 4.02. The van der Waals surface area contributed by atoms with E-state index >= 15 is 0 Å². The molecule has 1 amide bonds. The Morgan fingerprint density at radius 2 is 2.19 bits per heavy atom. The second-order valence-corrected chi connectivity index (χ2v) is 4.46. The highest BCUT2D eigenvalue weighted by Crippen LogP contribution is 2.10. The average molecular weight is 301 g/mol. The van der Waals surface area contributed by atoms with Gasteiger partial charge in [0.2, 0.25) is 0 Å². The van der Waals surface area contributed by atoms with Gasteiger partial charge in [-0.15, -0.1) is 0 Å². The van der Waals surface area contributed by atoms with Gasteiger partial charge in [-0.2, -0.15) is 0 Å². The van der Waals surface area contributed by atoms with Gasteiger partial charge < -0.3 is 10.1 Å². The van der Waals surface area contributed by atoms with E-state index in [1.165, 1.54) is 0 Å². The summed E-state index contributed by atoms with van der Waals surface area (Å²) in [5, 5.41) is 3.21. The lowest BCUT2D eigenvalue weighted by Gasteiger charge is -2.01. The Bertz CT molecular complexity index is 663. The van der Waals surface area contributed by atoms with E-state index in [-0.39, 0.29) is 19.1 Å². The molecule has 1 N–H and O–H groups in total. The highest BCUT2D eigenvalue weighted by atomic mass is 35.5. The fourth-order valence-electron chi connectivity index (χ4n) is 1.52. The van der Waals surface area contributed by atoms with Crippen molar-refractivity contribution in [1.29, 1.82) is 0 Å².